The zero-order valence-corrected chi connectivity index (χ0v) is 13.3. The first-order valence-electron chi connectivity index (χ1n) is 6.97. The molecule has 1 aromatic heterocycles. The van der Waals surface area contributed by atoms with Gasteiger partial charge in [0.25, 0.3) is 0 Å². The minimum absolute atomic E-state index is 0.00980. The molecule has 2 rings (SSSR count). The first kappa shape index (κ1) is 15.7. The summed E-state index contributed by atoms with van der Waals surface area (Å²) in [5.74, 6) is -1.17. The lowest BCUT2D eigenvalue weighted by Crippen LogP contribution is -2.39. The molecule has 0 saturated carbocycles. The number of hydrogen-bond donors (Lipinski definition) is 1. The van der Waals surface area contributed by atoms with Crippen molar-refractivity contribution >= 4 is 29.3 Å². The van der Waals surface area contributed by atoms with Gasteiger partial charge in [0, 0.05) is 29.1 Å². The molecule has 1 N–H and O–H groups in total. The fraction of sp³-hybridized carbons (Fsp3) is 0.533. The third kappa shape index (κ3) is 3.69. The van der Waals surface area contributed by atoms with Crippen LogP contribution in [0.2, 0.25) is 0 Å². The number of aliphatic carboxylic acids is 1. The van der Waals surface area contributed by atoms with Crippen LogP contribution in [0.4, 0.5) is 0 Å². The molecule has 0 aliphatic carbocycles. The van der Waals surface area contributed by atoms with E-state index in [1.54, 1.807) is 23.6 Å². The Bertz CT molecular complexity index is 572. The Morgan fingerprint density at radius 3 is 2.76 bits per heavy atom. The molecule has 1 atom stereocenters. The monoisotopic (exact) mass is 308 g/mol. The average molecular weight is 308 g/mol. The van der Waals surface area contributed by atoms with Crippen LogP contribution in [0, 0.1) is 0 Å². The zero-order valence-electron chi connectivity index (χ0n) is 12.5. The molecule has 6 heteroatoms. The average Bonchev–Trinajstić information content (AvgIpc) is 3.04. The number of rotatable bonds is 3. The molecule has 21 heavy (non-hydrogen) atoms. The van der Waals surface area contributed by atoms with E-state index >= 15 is 0 Å². The van der Waals surface area contributed by atoms with E-state index in [1.165, 1.54) is 11.0 Å². The van der Waals surface area contributed by atoms with Crippen molar-refractivity contribution in [3.8, 4) is 0 Å². The molecule has 0 spiro atoms. The van der Waals surface area contributed by atoms with Crippen LogP contribution in [0.1, 0.15) is 43.5 Å². The summed E-state index contributed by atoms with van der Waals surface area (Å²) in [5.41, 5.74) is -0.00980. The largest absolute Gasteiger partial charge is 0.480 e. The lowest BCUT2D eigenvalue weighted by molar-refractivity contribution is -0.146. The Labute approximate surface area is 128 Å². The number of amides is 1. The van der Waals surface area contributed by atoms with Gasteiger partial charge in [-0.15, -0.1) is 11.3 Å². The normalized spacial score (nSPS) is 19.4. The molecule has 114 valence electrons. The lowest BCUT2D eigenvalue weighted by Gasteiger charge is -2.19. The summed E-state index contributed by atoms with van der Waals surface area (Å²) in [7, 11) is 0. The molecule has 1 amide bonds. The van der Waals surface area contributed by atoms with E-state index in [-0.39, 0.29) is 11.3 Å². The molecular weight excluding hydrogens is 288 g/mol. The maximum atomic E-state index is 12.1. The summed E-state index contributed by atoms with van der Waals surface area (Å²) in [6.45, 7) is 6.78. The van der Waals surface area contributed by atoms with E-state index in [2.05, 4.69) is 25.8 Å². The molecular formula is C15H20N2O3S. The van der Waals surface area contributed by atoms with Gasteiger partial charge in [0.2, 0.25) is 5.91 Å². The van der Waals surface area contributed by atoms with Gasteiger partial charge in [-0.1, -0.05) is 20.8 Å². The van der Waals surface area contributed by atoms with Crippen LogP contribution in [0.15, 0.2) is 12.3 Å². The highest BCUT2D eigenvalue weighted by Gasteiger charge is 2.32. The number of carbonyl (C=O) groups is 2. The second-order valence-corrected chi connectivity index (χ2v) is 7.24. The van der Waals surface area contributed by atoms with Crippen molar-refractivity contribution in [2.24, 2.45) is 0 Å². The summed E-state index contributed by atoms with van der Waals surface area (Å²) in [6.07, 6.45) is 6.18. The third-order valence-corrected chi connectivity index (χ3v) is 4.76. The van der Waals surface area contributed by atoms with Gasteiger partial charge < -0.3 is 10.0 Å². The molecule has 0 radical (unpaired) electrons. The maximum Gasteiger partial charge on any atom is 0.326 e. The summed E-state index contributed by atoms with van der Waals surface area (Å²) < 4.78 is 0. The van der Waals surface area contributed by atoms with Crippen LogP contribution in [0.3, 0.4) is 0 Å². The van der Waals surface area contributed by atoms with E-state index in [9.17, 15) is 9.59 Å². The smallest absolute Gasteiger partial charge is 0.326 e. The second-order valence-electron chi connectivity index (χ2n) is 6.18. The number of carbonyl (C=O) groups excluding carboxylic acids is 1. The molecule has 1 saturated heterocycles. The zero-order chi connectivity index (χ0) is 15.6. The SMILES string of the molecule is CC(C)(C)c1ncc(C=CC(=O)N2CCC[C@@H]2C(=O)O)s1. The molecule has 1 fully saturated rings. The first-order valence-corrected chi connectivity index (χ1v) is 7.78. The molecule has 0 bridgehead atoms. The number of thiazole rings is 1. The van der Waals surface area contributed by atoms with Gasteiger partial charge in [0.15, 0.2) is 0 Å². The van der Waals surface area contributed by atoms with Crippen molar-refractivity contribution in [3.63, 3.8) is 0 Å². The van der Waals surface area contributed by atoms with Gasteiger partial charge in [-0.25, -0.2) is 9.78 Å². The van der Waals surface area contributed by atoms with E-state index < -0.39 is 12.0 Å². The van der Waals surface area contributed by atoms with Crippen molar-refractivity contribution in [3.05, 3.63) is 22.2 Å². The number of hydrogen-bond acceptors (Lipinski definition) is 4. The van der Waals surface area contributed by atoms with Gasteiger partial charge in [-0.05, 0) is 18.9 Å². The molecule has 1 aromatic rings. The fourth-order valence-corrected chi connectivity index (χ4v) is 3.12. The quantitative estimate of drug-likeness (QED) is 0.871. The highest BCUT2D eigenvalue weighted by Crippen LogP contribution is 2.27. The topological polar surface area (TPSA) is 70.5 Å². The second kappa shape index (κ2) is 5.97. The Hall–Kier alpha value is -1.69. The Kier molecular flexibility index (Phi) is 4.46. The van der Waals surface area contributed by atoms with Gasteiger partial charge >= 0.3 is 5.97 Å². The van der Waals surface area contributed by atoms with Crippen LogP contribution in [0.25, 0.3) is 6.08 Å². The van der Waals surface area contributed by atoms with E-state index in [0.29, 0.717) is 13.0 Å². The van der Waals surface area contributed by atoms with Crippen molar-refractivity contribution < 1.29 is 14.7 Å². The highest BCUT2D eigenvalue weighted by molar-refractivity contribution is 7.12. The number of likely N-dealkylation sites (tertiary alicyclic amines) is 1. The summed E-state index contributed by atoms with van der Waals surface area (Å²) in [6, 6.07) is -0.686. The standard InChI is InChI=1S/C15H20N2O3S/c1-15(2,3)14-16-9-10(21-14)6-7-12(18)17-8-4-5-11(17)13(19)20/h6-7,9,11H,4-5,8H2,1-3H3,(H,19,20)/t11-/m1/s1. The number of aromatic nitrogens is 1. The lowest BCUT2D eigenvalue weighted by atomic mass is 9.98. The van der Waals surface area contributed by atoms with E-state index in [4.69, 9.17) is 5.11 Å². The highest BCUT2D eigenvalue weighted by atomic mass is 32.1. The summed E-state index contributed by atoms with van der Waals surface area (Å²) in [5, 5.41) is 10.1. The van der Waals surface area contributed by atoms with Crippen LogP contribution in [0.5, 0.6) is 0 Å². The Balaban J connectivity index is 2.05. The molecule has 0 aromatic carbocycles. The predicted molar refractivity (Wildman–Crippen MR) is 82.2 cm³/mol. The fourth-order valence-electron chi connectivity index (χ4n) is 2.25. The molecule has 2 heterocycles. The van der Waals surface area contributed by atoms with Gasteiger partial charge in [-0.2, -0.15) is 0 Å². The van der Waals surface area contributed by atoms with Crippen molar-refractivity contribution in [1.29, 1.82) is 0 Å². The predicted octanol–water partition coefficient (Wildman–Crippen LogP) is 2.53. The Morgan fingerprint density at radius 1 is 1.48 bits per heavy atom. The van der Waals surface area contributed by atoms with Crippen LogP contribution in [-0.2, 0) is 15.0 Å². The number of carboxylic acid groups (broad SMARTS) is 1. The van der Waals surface area contributed by atoms with Crippen molar-refractivity contribution in [1.82, 2.24) is 9.88 Å². The molecule has 1 aliphatic heterocycles. The minimum Gasteiger partial charge on any atom is -0.480 e. The van der Waals surface area contributed by atoms with Crippen LogP contribution in [-0.4, -0.2) is 39.5 Å². The molecule has 1 aliphatic rings. The minimum atomic E-state index is -0.929. The van der Waals surface area contributed by atoms with Gasteiger partial charge in [-0.3, -0.25) is 4.79 Å². The van der Waals surface area contributed by atoms with Crippen molar-refractivity contribution in [2.75, 3.05) is 6.54 Å². The maximum absolute atomic E-state index is 12.1. The Morgan fingerprint density at radius 2 is 2.19 bits per heavy atom. The van der Waals surface area contributed by atoms with Gasteiger partial charge in [0.1, 0.15) is 6.04 Å². The van der Waals surface area contributed by atoms with Crippen LogP contribution >= 0.6 is 11.3 Å². The van der Waals surface area contributed by atoms with E-state index in [0.717, 1.165) is 16.3 Å². The third-order valence-electron chi connectivity index (χ3n) is 3.38. The molecule has 5 nitrogen and oxygen atoms in total. The number of carboxylic acids is 1. The van der Waals surface area contributed by atoms with E-state index in [1.807, 2.05) is 0 Å². The van der Waals surface area contributed by atoms with Crippen LogP contribution < -0.4 is 0 Å². The number of nitrogens with zero attached hydrogens (tertiary/aromatic N) is 2. The molecule has 0 unspecified atom stereocenters. The summed E-state index contributed by atoms with van der Waals surface area (Å²) in [4.78, 5) is 29.9. The van der Waals surface area contributed by atoms with Gasteiger partial charge in [0.05, 0.1) is 5.01 Å². The first-order chi connectivity index (χ1) is 9.79. The summed E-state index contributed by atoms with van der Waals surface area (Å²) >= 11 is 1.55. The van der Waals surface area contributed by atoms with Crippen molar-refractivity contribution in [2.45, 2.75) is 45.1 Å².